The molecule has 0 radical (unpaired) electrons. The van der Waals surface area contributed by atoms with Gasteiger partial charge in [-0.25, -0.2) is 9.78 Å². The summed E-state index contributed by atoms with van der Waals surface area (Å²) in [6.07, 6.45) is -0.788. The third-order valence-electron chi connectivity index (χ3n) is 8.77. The lowest BCUT2D eigenvalue weighted by atomic mass is 9.83. The Balaban J connectivity index is 1.30. The van der Waals surface area contributed by atoms with Gasteiger partial charge in [0.05, 0.1) is 32.2 Å². The maximum atomic E-state index is 14.0. The molecule has 0 atom stereocenters. The molecular weight excluding hydrogens is 767 g/mol. The summed E-state index contributed by atoms with van der Waals surface area (Å²) in [6.45, 7) is 0. The molecule has 0 aliphatic heterocycles. The van der Waals surface area contributed by atoms with Crippen LogP contribution < -0.4 is 16.6 Å². The number of benzene rings is 4. The first-order valence-corrected chi connectivity index (χ1v) is 19.8. The third-order valence-corrected chi connectivity index (χ3v) is 11.5. The monoisotopic (exact) mass is 791 g/mol. The molecule has 4 aromatic carbocycles. The lowest BCUT2D eigenvalue weighted by molar-refractivity contribution is 0.104. The van der Waals surface area contributed by atoms with Crippen LogP contribution in [0.25, 0.3) is 22.0 Å². The van der Waals surface area contributed by atoms with Gasteiger partial charge >= 0.3 is 5.69 Å². The molecule has 276 valence electrons. The van der Waals surface area contributed by atoms with Gasteiger partial charge in [-0.1, -0.05) is 30.3 Å². The van der Waals surface area contributed by atoms with Gasteiger partial charge in [-0.05, 0) is 64.7 Å². The highest BCUT2D eigenvalue weighted by molar-refractivity contribution is 7.86. The zero-order valence-corrected chi connectivity index (χ0v) is 30.0. The van der Waals surface area contributed by atoms with Crippen molar-refractivity contribution in [3.8, 4) is 11.1 Å². The smallest absolute Gasteiger partial charge is 0.348 e. The lowest BCUT2D eigenvalue weighted by Crippen LogP contribution is -2.21. The van der Waals surface area contributed by atoms with Crippen molar-refractivity contribution in [3.05, 3.63) is 134 Å². The summed E-state index contributed by atoms with van der Waals surface area (Å²) in [6, 6.07) is 17.3. The highest BCUT2D eigenvalue weighted by Gasteiger charge is 2.30. The summed E-state index contributed by atoms with van der Waals surface area (Å²) >= 11 is 0. The molecule has 54 heavy (non-hydrogen) atoms. The molecular formula is C34H25N5O12S3. The number of aromatic nitrogens is 4. The normalized spacial score (nSPS) is 12.9. The number of carbonyl (C=O) groups excluding carboxylic acids is 1. The van der Waals surface area contributed by atoms with Crippen LogP contribution in [0.2, 0.25) is 0 Å². The molecule has 0 saturated carbocycles. The van der Waals surface area contributed by atoms with Gasteiger partial charge in [-0.3, -0.25) is 28.2 Å². The van der Waals surface area contributed by atoms with Crippen LogP contribution in [0.1, 0.15) is 38.7 Å². The average Bonchev–Trinajstić information content (AvgIpc) is 3.07. The number of aryl methyl sites for hydroxylation is 1. The van der Waals surface area contributed by atoms with E-state index in [0.29, 0.717) is 33.2 Å². The van der Waals surface area contributed by atoms with Crippen molar-refractivity contribution in [2.45, 2.75) is 27.5 Å². The second-order valence-corrected chi connectivity index (χ2v) is 16.4. The number of rotatable bonds is 9. The minimum absolute atomic E-state index is 0.0620. The number of hydrogen-bond donors (Lipinski definition) is 5. The molecule has 2 aromatic heterocycles. The summed E-state index contributed by atoms with van der Waals surface area (Å²) in [5.41, 5.74) is 0.652. The van der Waals surface area contributed by atoms with Crippen molar-refractivity contribution < 1.29 is 43.7 Å². The van der Waals surface area contributed by atoms with Crippen molar-refractivity contribution in [2.75, 3.05) is 5.32 Å². The predicted molar refractivity (Wildman–Crippen MR) is 192 cm³/mol. The molecule has 7 rings (SSSR count). The summed E-state index contributed by atoms with van der Waals surface area (Å²) in [7, 11) is -13.0. The molecule has 0 bridgehead atoms. The Bertz CT molecular complexity index is 3090. The second kappa shape index (κ2) is 12.9. The van der Waals surface area contributed by atoms with Gasteiger partial charge in [0.15, 0.2) is 5.78 Å². The van der Waals surface area contributed by atoms with Crippen LogP contribution in [0.5, 0.6) is 0 Å². The maximum Gasteiger partial charge on any atom is 0.348 e. The molecule has 5 N–H and O–H groups in total. The Hall–Kier alpha value is -5.90. The first-order chi connectivity index (χ1) is 25.3. The van der Waals surface area contributed by atoms with Crippen molar-refractivity contribution in [1.82, 2.24) is 19.5 Å². The molecule has 17 nitrogen and oxygen atoms in total. The number of pyridine rings is 1. The topological polar surface area (TPSA) is 273 Å². The number of ketones is 1. The third kappa shape index (κ3) is 6.72. The predicted octanol–water partition coefficient (Wildman–Crippen LogP) is 2.89. The molecule has 0 fully saturated rings. The molecule has 0 amide bonds. The number of nitrogens with one attached hydrogen (secondary N) is 2. The fourth-order valence-corrected chi connectivity index (χ4v) is 8.28. The summed E-state index contributed by atoms with van der Waals surface area (Å²) in [5, 5.41) is 3.41. The van der Waals surface area contributed by atoms with E-state index in [-0.39, 0.29) is 46.1 Å². The molecule has 1 aliphatic carbocycles. The highest BCUT2D eigenvalue weighted by atomic mass is 32.2. The van der Waals surface area contributed by atoms with E-state index in [1.165, 1.54) is 28.8 Å². The minimum atomic E-state index is -4.90. The van der Waals surface area contributed by atoms with E-state index in [1.807, 2.05) is 0 Å². The number of H-pyrrole nitrogens is 1. The van der Waals surface area contributed by atoms with Crippen molar-refractivity contribution in [3.63, 3.8) is 0 Å². The van der Waals surface area contributed by atoms with Gasteiger partial charge in [-0.2, -0.15) is 30.2 Å². The fourth-order valence-electron chi connectivity index (χ4n) is 6.42. The first-order valence-electron chi connectivity index (χ1n) is 15.5. The number of nitrogens with zero attached hydrogens (tertiary/aromatic N) is 3. The largest absolute Gasteiger partial charge is 0.354 e. The second-order valence-electron chi connectivity index (χ2n) is 12.2. The van der Waals surface area contributed by atoms with Gasteiger partial charge in [0.2, 0.25) is 0 Å². The van der Waals surface area contributed by atoms with Gasteiger partial charge in [0.1, 0.15) is 16.5 Å². The van der Waals surface area contributed by atoms with Crippen LogP contribution in [-0.4, -0.2) is 64.2 Å². The van der Waals surface area contributed by atoms with Crippen LogP contribution in [0.3, 0.4) is 0 Å². The van der Waals surface area contributed by atoms with Crippen LogP contribution in [0.15, 0.2) is 103 Å². The maximum absolute atomic E-state index is 14.0. The number of hydrogen-bond acceptors (Lipinski definition) is 12. The van der Waals surface area contributed by atoms with E-state index in [4.69, 9.17) is 0 Å². The molecule has 1 aliphatic rings. The number of aromatic amines is 1. The van der Waals surface area contributed by atoms with E-state index in [1.54, 1.807) is 37.4 Å². The first kappa shape index (κ1) is 36.5. The van der Waals surface area contributed by atoms with Crippen LogP contribution in [0.4, 0.5) is 11.4 Å². The van der Waals surface area contributed by atoms with Crippen molar-refractivity contribution >= 4 is 58.4 Å². The fraction of sp³-hybridized carbons (Fsp3) is 0.0882. The standard InChI is InChI=1S/C34H25N5O12S3/c1-39-25-9-8-23(32-31(25)22(16-30(39)40)20-4-2-3-5-21(20)33(32)41)35-24-12-17(6-10-27(24)54(49,50)51)13-28-36-29(38-34(42)37-28)15-18-14-19(52(43,44)45)7-11-26(18)53(46,47)48/h2-12,14,16,35H,13,15H2,1H3,(H,43,44,45)(H,46,47,48)(H,49,50,51)(H,36,37,38,42). The molecule has 0 spiro atoms. The molecule has 2 heterocycles. The Morgan fingerprint density at radius 3 is 2.07 bits per heavy atom. The molecule has 6 aromatic rings. The number of carbonyl (C=O) groups is 1. The summed E-state index contributed by atoms with van der Waals surface area (Å²) < 4.78 is 103. The van der Waals surface area contributed by atoms with E-state index < -0.39 is 62.9 Å². The quantitative estimate of drug-likeness (QED) is 0.132. The zero-order chi connectivity index (χ0) is 38.9. The lowest BCUT2D eigenvalue weighted by Gasteiger charge is -2.24. The van der Waals surface area contributed by atoms with E-state index in [9.17, 15) is 53.3 Å². The Labute approximate surface area is 305 Å². The minimum Gasteiger partial charge on any atom is -0.354 e. The molecule has 0 saturated heterocycles. The SMILES string of the molecule is Cn1c(=O)cc2c3c(c(Nc4cc(Cc5nc(Cc6cc(S(=O)(=O)O)ccc6S(=O)(=O)O)nc(=O)[nH]5)ccc4S(=O)(=O)O)ccc31)C(=O)c1ccccc1-2. The van der Waals surface area contributed by atoms with E-state index in [2.05, 4.69) is 20.3 Å². The summed E-state index contributed by atoms with van der Waals surface area (Å²) in [5.74, 6) is -0.772. The number of anilines is 2. The Morgan fingerprint density at radius 2 is 1.39 bits per heavy atom. The van der Waals surface area contributed by atoms with Gasteiger partial charge in [0, 0.05) is 36.9 Å². The molecule has 20 heteroatoms. The Kier molecular flexibility index (Phi) is 8.71. The van der Waals surface area contributed by atoms with Crippen LogP contribution in [-0.2, 0) is 50.2 Å². The van der Waals surface area contributed by atoms with E-state index >= 15 is 0 Å². The number of fused-ring (bicyclic) bond motifs is 2. The van der Waals surface area contributed by atoms with Crippen LogP contribution in [0, 0.1) is 0 Å². The summed E-state index contributed by atoms with van der Waals surface area (Å²) in [4.78, 5) is 47.8. The highest BCUT2D eigenvalue weighted by Crippen LogP contribution is 2.42. The van der Waals surface area contributed by atoms with Crippen molar-refractivity contribution in [1.29, 1.82) is 0 Å². The van der Waals surface area contributed by atoms with Crippen molar-refractivity contribution in [2.24, 2.45) is 7.05 Å². The average molecular weight is 792 g/mol. The van der Waals surface area contributed by atoms with Gasteiger partial charge < -0.3 is 9.88 Å². The molecule has 0 unspecified atom stereocenters. The zero-order valence-electron chi connectivity index (χ0n) is 27.5. The van der Waals surface area contributed by atoms with Gasteiger partial charge in [-0.15, -0.1) is 0 Å². The van der Waals surface area contributed by atoms with E-state index in [0.717, 1.165) is 24.3 Å². The Morgan fingerprint density at radius 1 is 0.704 bits per heavy atom. The van der Waals surface area contributed by atoms with Gasteiger partial charge in [0.25, 0.3) is 35.9 Å². The van der Waals surface area contributed by atoms with Crippen LogP contribution >= 0.6 is 0 Å².